The summed E-state index contributed by atoms with van der Waals surface area (Å²) in [5.74, 6) is -1.51. The Morgan fingerprint density at radius 3 is 1.43 bits per heavy atom. The van der Waals surface area contributed by atoms with E-state index in [1.807, 2.05) is 0 Å². The van der Waals surface area contributed by atoms with Crippen LogP contribution in [0.1, 0.15) is 13.8 Å². The molecule has 0 saturated heterocycles. The Balaban J connectivity index is 0.000000400. The molecule has 0 fully saturated rings. The standard InChI is InChI=1S/C14H22N2O6.C8H10N2O3/c1-12(17)15-4-6-20-8-10-22-11-9-21-7-5-16-13(18)2-3-14(16)19;1-6(11)9-4-5-10-7(12)2-3-8(10)13/h2-3H,4-11H2,1H3,(H,15,17);2-3H,4-5H2,1H3,(H,9,11). The SMILES string of the molecule is CC(=O)NCCN1C(=O)C=CC1=O.CC(=O)NCCOCCOCCOCCN1C(=O)C=CC1=O. The Bertz CT molecular complexity index is 790. The maximum absolute atomic E-state index is 11.2. The molecule has 0 aromatic heterocycles. The van der Waals surface area contributed by atoms with Crippen molar-refractivity contribution in [3.8, 4) is 0 Å². The zero-order valence-corrected chi connectivity index (χ0v) is 19.9. The molecule has 0 aromatic rings. The first kappa shape index (κ1) is 29.6. The number of ether oxygens (including phenoxy) is 3. The highest BCUT2D eigenvalue weighted by Crippen LogP contribution is 2.02. The fraction of sp³-hybridized carbons (Fsp3) is 0.545. The van der Waals surface area contributed by atoms with E-state index in [0.29, 0.717) is 46.1 Å². The molecule has 194 valence electrons. The van der Waals surface area contributed by atoms with Gasteiger partial charge in [-0.25, -0.2) is 0 Å². The monoisotopic (exact) mass is 496 g/mol. The number of nitrogens with zero attached hydrogens (tertiary/aromatic N) is 2. The van der Waals surface area contributed by atoms with E-state index in [1.165, 1.54) is 38.2 Å². The third kappa shape index (κ3) is 13.2. The van der Waals surface area contributed by atoms with Gasteiger partial charge >= 0.3 is 0 Å². The minimum atomic E-state index is -0.324. The van der Waals surface area contributed by atoms with Crippen molar-refractivity contribution in [1.29, 1.82) is 0 Å². The lowest BCUT2D eigenvalue weighted by molar-refractivity contribution is -0.138. The van der Waals surface area contributed by atoms with E-state index in [2.05, 4.69) is 10.6 Å². The molecule has 0 bridgehead atoms. The molecular formula is C22H32N4O9. The first-order chi connectivity index (χ1) is 16.7. The predicted octanol–water partition coefficient (Wildman–Crippen LogP) is -1.86. The van der Waals surface area contributed by atoms with Crippen LogP contribution in [0.25, 0.3) is 0 Å². The van der Waals surface area contributed by atoms with Gasteiger partial charge in [-0.3, -0.25) is 38.6 Å². The van der Waals surface area contributed by atoms with E-state index in [0.717, 1.165) is 9.80 Å². The van der Waals surface area contributed by atoms with Crippen LogP contribution >= 0.6 is 0 Å². The Kier molecular flexibility index (Phi) is 14.5. The summed E-state index contributed by atoms with van der Waals surface area (Å²) in [4.78, 5) is 67.7. The van der Waals surface area contributed by atoms with Crippen LogP contribution in [0.15, 0.2) is 24.3 Å². The maximum Gasteiger partial charge on any atom is 0.253 e. The minimum absolute atomic E-state index is 0.0786. The van der Waals surface area contributed by atoms with Gasteiger partial charge in [0.2, 0.25) is 11.8 Å². The molecule has 13 heteroatoms. The Morgan fingerprint density at radius 2 is 0.971 bits per heavy atom. The Hall–Kier alpha value is -3.42. The molecule has 0 radical (unpaired) electrons. The summed E-state index contributed by atoms with van der Waals surface area (Å²) in [6.45, 7) is 6.52. The molecule has 2 aliphatic heterocycles. The molecule has 35 heavy (non-hydrogen) atoms. The average Bonchev–Trinajstić information content (AvgIpc) is 3.29. The van der Waals surface area contributed by atoms with Gasteiger partial charge in [0.25, 0.3) is 23.6 Å². The van der Waals surface area contributed by atoms with Crippen LogP contribution in [-0.2, 0) is 43.0 Å². The van der Waals surface area contributed by atoms with Gasteiger partial charge in [-0.1, -0.05) is 0 Å². The highest BCUT2D eigenvalue weighted by atomic mass is 16.5. The predicted molar refractivity (Wildman–Crippen MR) is 122 cm³/mol. The van der Waals surface area contributed by atoms with Crippen LogP contribution < -0.4 is 10.6 Å². The summed E-state index contributed by atoms with van der Waals surface area (Å²) >= 11 is 0. The zero-order valence-electron chi connectivity index (χ0n) is 19.9. The van der Waals surface area contributed by atoms with Crippen molar-refractivity contribution in [3.63, 3.8) is 0 Å². The summed E-state index contributed by atoms with van der Waals surface area (Å²) in [5.41, 5.74) is 0. The lowest BCUT2D eigenvalue weighted by atomic mass is 10.5. The molecule has 0 aromatic carbocycles. The molecule has 0 atom stereocenters. The Morgan fingerprint density at radius 1 is 0.600 bits per heavy atom. The number of carbonyl (C=O) groups is 6. The molecule has 2 aliphatic rings. The minimum Gasteiger partial charge on any atom is -0.377 e. The van der Waals surface area contributed by atoms with Gasteiger partial charge in [0.15, 0.2) is 0 Å². The van der Waals surface area contributed by atoms with Crippen molar-refractivity contribution >= 4 is 35.4 Å². The van der Waals surface area contributed by atoms with Gasteiger partial charge in [-0.2, -0.15) is 0 Å². The van der Waals surface area contributed by atoms with E-state index in [1.54, 1.807) is 0 Å². The highest BCUT2D eigenvalue weighted by Gasteiger charge is 2.23. The summed E-state index contributed by atoms with van der Waals surface area (Å²) in [6, 6.07) is 0. The molecule has 13 nitrogen and oxygen atoms in total. The second-order valence-corrected chi connectivity index (χ2v) is 7.13. The molecule has 2 N–H and O–H groups in total. The molecule has 0 saturated carbocycles. The van der Waals surface area contributed by atoms with Gasteiger partial charge in [0.05, 0.1) is 46.2 Å². The number of rotatable bonds is 15. The number of hydrogen-bond donors (Lipinski definition) is 2. The number of hydrogen-bond acceptors (Lipinski definition) is 9. The van der Waals surface area contributed by atoms with E-state index < -0.39 is 0 Å². The molecule has 2 rings (SSSR count). The van der Waals surface area contributed by atoms with Crippen LogP contribution in [0.3, 0.4) is 0 Å². The van der Waals surface area contributed by atoms with Gasteiger partial charge in [-0.15, -0.1) is 0 Å². The summed E-state index contributed by atoms with van der Waals surface area (Å²) in [7, 11) is 0. The van der Waals surface area contributed by atoms with Crippen LogP contribution in [0.5, 0.6) is 0 Å². The number of carbonyl (C=O) groups excluding carboxylic acids is 6. The normalized spacial score (nSPS) is 14.5. The molecule has 2 heterocycles. The van der Waals surface area contributed by atoms with E-state index in [9.17, 15) is 28.8 Å². The highest BCUT2D eigenvalue weighted by molar-refractivity contribution is 6.13. The van der Waals surface area contributed by atoms with Crippen LogP contribution in [0.4, 0.5) is 0 Å². The second kappa shape index (κ2) is 17.1. The number of imide groups is 2. The number of nitrogens with one attached hydrogen (secondary N) is 2. The van der Waals surface area contributed by atoms with Crippen molar-refractivity contribution in [3.05, 3.63) is 24.3 Å². The van der Waals surface area contributed by atoms with Crippen LogP contribution in [0, 0.1) is 0 Å². The topological polar surface area (TPSA) is 161 Å². The van der Waals surface area contributed by atoms with Crippen molar-refractivity contribution in [2.45, 2.75) is 13.8 Å². The third-order valence-corrected chi connectivity index (χ3v) is 4.33. The first-order valence-electron chi connectivity index (χ1n) is 11.0. The molecule has 0 unspecified atom stereocenters. The molecule has 0 spiro atoms. The van der Waals surface area contributed by atoms with Gasteiger partial charge < -0.3 is 24.8 Å². The summed E-state index contributed by atoms with van der Waals surface area (Å²) in [6.07, 6.45) is 4.93. The largest absolute Gasteiger partial charge is 0.377 e. The first-order valence-corrected chi connectivity index (χ1v) is 11.0. The third-order valence-electron chi connectivity index (χ3n) is 4.33. The van der Waals surface area contributed by atoms with Gasteiger partial charge in [-0.05, 0) is 0 Å². The number of amides is 6. The lowest BCUT2D eigenvalue weighted by Crippen LogP contribution is -2.37. The maximum atomic E-state index is 11.2. The van der Waals surface area contributed by atoms with Crippen molar-refractivity contribution in [2.24, 2.45) is 0 Å². The van der Waals surface area contributed by atoms with Crippen molar-refractivity contribution < 1.29 is 43.0 Å². The second-order valence-electron chi connectivity index (χ2n) is 7.13. The van der Waals surface area contributed by atoms with E-state index in [4.69, 9.17) is 14.2 Å². The molecular weight excluding hydrogens is 464 g/mol. The van der Waals surface area contributed by atoms with Crippen molar-refractivity contribution in [2.75, 3.05) is 65.8 Å². The Labute approximate surface area is 203 Å². The summed E-state index contributed by atoms with van der Waals surface area (Å²) in [5, 5.41) is 5.12. The zero-order chi connectivity index (χ0) is 26.1. The lowest BCUT2D eigenvalue weighted by Gasteiger charge is -2.13. The van der Waals surface area contributed by atoms with Crippen molar-refractivity contribution in [1.82, 2.24) is 20.4 Å². The molecule has 6 amide bonds. The van der Waals surface area contributed by atoms with E-state index in [-0.39, 0.29) is 55.1 Å². The fourth-order valence-electron chi connectivity index (χ4n) is 2.64. The van der Waals surface area contributed by atoms with Gasteiger partial charge in [0, 0.05) is 57.8 Å². The molecule has 0 aliphatic carbocycles. The fourth-order valence-corrected chi connectivity index (χ4v) is 2.64. The smallest absolute Gasteiger partial charge is 0.253 e. The van der Waals surface area contributed by atoms with Crippen LogP contribution in [-0.4, -0.2) is 111 Å². The van der Waals surface area contributed by atoms with E-state index >= 15 is 0 Å². The summed E-state index contributed by atoms with van der Waals surface area (Å²) < 4.78 is 15.8. The average molecular weight is 497 g/mol. The van der Waals surface area contributed by atoms with Gasteiger partial charge in [0.1, 0.15) is 0 Å². The van der Waals surface area contributed by atoms with Crippen LogP contribution in [0.2, 0.25) is 0 Å². The quantitative estimate of drug-likeness (QED) is 0.196.